The van der Waals surface area contributed by atoms with Gasteiger partial charge in [0.1, 0.15) is 0 Å². The molecule has 4 nitrogen and oxygen atoms in total. The highest BCUT2D eigenvalue weighted by molar-refractivity contribution is 5.45. The van der Waals surface area contributed by atoms with Crippen LogP contribution in [0.5, 0.6) is 11.5 Å². The molecule has 0 aromatic heterocycles. The molecule has 0 spiro atoms. The number of nitrogens with one attached hydrogen (secondary N) is 1. The lowest BCUT2D eigenvalue weighted by atomic mass is 10.1. The third-order valence-electron chi connectivity index (χ3n) is 3.36. The van der Waals surface area contributed by atoms with Gasteiger partial charge in [0.15, 0.2) is 11.5 Å². The van der Waals surface area contributed by atoms with E-state index in [-0.39, 0.29) is 5.75 Å². The number of aromatic hydroxyl groups is 1. The average Bonchev–Trinajstić information content (AvgIpc) is 2.28. The summed E-state index contributed by atoms with van der Waals surface area (Å²) in [4.78, 5) is 2.37. The Morgan fingerprint density at radius 2 is 2.24 bits per heavy atom. The standard InChI is InChI=1S/C13H20N2O2/c1-3-15(11-7-14-8-11)9-10-5-4-6-12(17-2)13(10)16/h4-6,11,14,16H,3,7-9H2,1-2H3. The fourth-order valence-electron chi connectivity index (χ4n) is 2.11. The third kappa shape index (κ3) is 2.53. The zero-order valence-corrected chi connectivity index (χ0v) is 10.4. The molecule has 0 atom stereocenters. The predicted octanol–water partition coefficient (Wildman–Crippen LogP) is 1.19. The van der Waals surface area contributed by atoms with E-state index in [1.807, 2.05) is 12.1 Å². The van der Waals surface area contributed by atoms with Gasteiger partial charge in [0.2, 0.25) is 0 Å². The summed E-state index contributed by atoms with van der Waals surface area (Å²) in [6.45, 7) is 5.99. The molecule has 0 bridgehead atoms. The molecular formula is C13H20N2O2. The van der Waals surface area contributed by atoms with E-state index in [2.05, 4.69) is 17.1 Å². The molecule has 1 aromatic carbocycles. The normalized spacial score (nSPS) is 15.9. The van der Waals surface area contributed by atoms with Crippen LogP contribution in [-0.4, -0.2) is 42.8 Å². The summed E-state index contributed by atoms with van der Waals surface area (Å²) in [5.41, 5.74) is 0.929. The van der Waals surface area contributed by atoms with Crippen LogP contribution >= 0.6 is 0 Å². The van der Waals surface area contributed by atoms with Gasteiger partial charge in [-0.3, -0.25) is 4.90 Å². The van der Waals surface area contributed by atoms with Gasteiger partial charge in [0.05, 0.1) is 7.11 Å². The van der Waals surface area contributed by atoms with Crippen molar-refractivity contribution in [1.82, 2.24) is 10.2 Å². The number of phenolic OH excluding ortho intramolecular Hbond substituents is 1. The molecule has 0 radical (unpaired) electrons. The van der Waals surface area contributed by atoms with Gasteiger partial charge in [-0.05, 0) is 12.6 Å². The van der Waals surface area contributed by atoms with E-state index < -0.39 is 0 Å². The number of hydrogen-bond acceptors (Lipinski definition) is 4. The minimum absolute atomic E-state index is 0.265. The van der Waals surface area contributed by atoms with Gasteiger partial charge in [-0.1, -0.05) is 19.1 Å². The minimum atomic E-state index is 0.265. The molecule has 2 rings (SSSR count). The van der Waals surface area contributed by atoms with Crippen molar-refractivity contribution in [1.29, 1.82) is 0 Å². The number of rotatable bonds is 5. The van der Waals surface area contributed by atoms with E-state index in [9.17, 15) is 5.11 Å². The number of hydrogen-bond donors (Lipinski definition) is 2. The van der Waals surface area contributed by atoms with Crippen molar-refractivity contribution in [2.75, 3.05) is 26.7 Å². The maximum absolute atomic E-state index is 10.0. The van der Waals surface area contributed by atoms with Crippen molar-refractivity contribution in [2.24, 2.45) is 0 Å². The van der Waals surface area contributed by atoms with Gasteiger partial charge >= 0.3 is 0 Å². The van der Waals surface area contributed by atoms with Gasteiger partial charge in [-0.15, -0.1) is 0 Å². The fourth-order valence-corrected chi connectivity index (χ4v) is 2.11. The van der Waals surface area contributed by atoms with E-state index in [0.29, 0.717) is 11.8 Å². The Balaban J connectivity index is 2.11. The first kappa shape index (κ1) is 12.2. The van der Waals surface area contributed by atoms with Gasteiger partial charge in [-0.2, -0.15) is 0 Å². The van der Waals surface area contributed by atoms with Gasteiger partial charge in [0, 0.05) is 31.2 Å². The summed E-state index contributed by atoms with van der Waals surface area (Å²) in [5, 5.41) is 13.3. The molecule has 1 saturated heterocycles. The number of phenols is 1. The number of methoxy groups -OCH3 is 1. The maximum Gasteiger partial charge on any atom is 0.162 e. The number of ether oxygens (including phenoxy) is 1. The van der Waals surface area contributed by atoms with Gasteiger partial charge < -0.3 is 15.2 Å². The van der Waals surface area contributed by atoms with Crippen molar-refractivity contribution in [2.45, 2.75) is 19.5 Å². The van der Waals surface area contributed by atoms with Crippen LogP contribution in [-0.2, 0) is 6.54 Å². The minimum Gasteiger partial charge on any atom is -0.504 e. The Hall–Kier alpha value is -1.26. The first-order valence-electron chi connectivity index (χ1n) is 6.05. The molecule has 0 amide bonds. The third-order valence-corrected chi connectivity index (χ3v) is 3.36. The molecule has 4 heteroatoms. The Morgan fingerprint density at radius 3 is 2.76 bits per heavy atom. The molecule has 1 aliphatic rings. The summed E-state index contributed by atoms with van der Waals surface area (Å²) in [6.07, 6.45) is 0. The first-order chi connectivity index (χ1) is 8.26. The van der Waals surface area contributed by atoms with Crippen LogP contribution in [0.4, 0.5) is 0 Å². The van der Waals surface area contributed by atoms with E-state index in [4.69, 9.17) is 4.74 Å². The second kappa shape index (κ2) is 5.38. The van der Waals surface area contributed by atoms with Crippen LogP contribution in [0.1, 0.15) is 12.5 Å². The smallest absolute Gasteiger partial charge is 0.162 e. The fraction of sp³-hybridized carbons (Fsp3) is 0.538. The van der Waals surface area contributed by atoms with Crippen molar-refractivity contribution in [3.63, 3.8) is 0 Å². The highest BCUT2D eigenvalue weighted by Crippen LogP contribution is 2.30. The Labute approximate surface area is 102 Å². The van der Waals surface area contributed by atoms with Crippen molar-refractivity contribution in [3.8, 4) is 11.5 Å². The van der Waals surface area contributed by atoms with Crippen molar-refractivity contribution >= 4 is 0 Å². The molecule has 17 heavy (non-hydrogen) atoms. The summed E-state index contributed by atoms with van der Waals surface area (Å²) in [7, 11) is 1.58. The Morgan fingerprint density at radius 1 is 1.47 bits per heavy atom. The SMILES string of the molecule is CCN(Cc1cccc(OC)c1O)C1CNC1. The second-order valence-electron chi connectivity index (χ2n) is 4.34. The molecule has 0 unspecified atom stereocenters. The molecule has 1 aliphatic heterocycles. The highest BCUT2D eigenvalue weighted by Gasteiger charge is 2.24. The number of likely N-dealkylation sites (N-methyl/N-ethyl adjacent to an activating group) is 1. The molecule has 0 saturated carbocycles. The van der Waals surface area contributed by atoms with Crippen LogP contribution < -0.4 is 10.1 Å². The number of benzene rings is 1. The van der Waals surface area contributed by atoms with E-state index in [1.165, 1.54) is 0 Å². The highest BCUT2D eigenvalue weighted by atomic mass is 16.5. The van der Waals surface area contributed by atoms with Crippen LogP contribution in [0, 0.1) is 0 Å². The van der Waals surface area contributed by atoms with Crippen LogP contribution in [0.3, 0.4) is 0 Å². The summed E-state index contributed by atoms with van der Waals surface area (Å²) in [5.74, 6) is 0.811. The van der Waals surface area contributed by atoms with Gasteiger partial charge in [0.25, 0.3) is 0 Å². The second-order valence-corrected chi connectivity index (χ2v) is 4.34. The van der Waals surface area contributed by atoms with E-state index in [1.54, 1.807) is 13.2 Å². The summed E-state index contributed by atoms with van der Waals surface area (Å²) < 4.78 is 5.12. The lowest BCUT2D eigenvalue weighted by Crippen LogP contribution is -2.56. The Kier molecular flexibility index (Phi) is 3.86. The average molecular weight is 236 g/mol. The molecule has 94 valence electrons. The number of para-hydroxylation sites is 1. The lowest BCUT2D eigenvalue weighted by molar-refractivity contribution is 0.144. The number of nitrogens with zero attached hydrogens (tertiary/aromatic N) is 1. The van der Waals surface area contributed by atoms with Crippen LogP contribution in [0.25, 0.3) is 0 Å². The van der Waals surface area contributed by atoms with Crippen LogP contribution in [0.15, 0.2) is 18.2 Å². The lowest BCUT2D eigenvalue weighted by Gasteiger charge is -2.37. The molecule has 0 aliphatic carbocycles. The zero-order valence-electron chi connectivity index (χ0n) is 10.4. The molecule has 2 N–H and O–H groups in total. The monoisotopic (exact) mass is 236 g/mol. The molecule has 1 aromatic rings. The summed E-state index contributed by atoms with van der Waals surface area (Å²) >= 11 is 0. The zero-order chi connectivity index (χ0) is 12.3. The van der Waals surface area contributed by atoms with E-state index in [0.717, 1.165) is 31.7 Å². The van der Waals surface area contributed by atoms with E-state index >= 15 is 0 Å². The quantitative estimate of drug-likeness (QED) is 0.806. The van der Waals surface area contributed by atoms with Crippen molar-refractivity contribution < 1.29 is 9.84 Å². The maximum atomic E-state index is 10.0. The summed E-state index contributed by atoms with van der Waals surface area (Å²) in [6, 6.07) is 6.23. The molecular weight excluding hydrogens is 216 g/mol. The van der Waals surface area contributed by atoms with Crippen molar-refractivity contribution in [3.05, 3.63) is 23.8 Å². The first-order valence-corrected chi connectivity index (χ1v) is 6.05. The predicted molar refractivity (Wildman–Crippen MR) is 67.4 cm³/mol. The topological polar surface area (TPSA) is 44.7 Å². The Bertz CT molecular complexity index is 378. The van der Waals surface area contributed by atoms with Gasteiger partial charge in [-0.25, -0.2) is 0 Å². The largest absolute Gasteiger partial charge is 0.504 e. The molecule has 1 fully saturated rings. The van der Waals surface area contributed by atoms with Crippen LogP contribution in [0.2, 0.25) is 0 Å². The molecule has 1 heterocycles.